The van der Waals surface area contributed by atoms with Crippen LogP contribution in [0.3, 0.4) is 0 Å². The number of methoxy groups -OCH3 is 2. The normalized spacial score (nSPS) is 17.0. The lowest BCUT2D eigenvalue weighted by molar-refractivity contribution is -0.690. The van der Waals surface area contributed by atoms with Gasteiger partial charge in [-0.25, -0.2) is 0 Å². The van der Waals surface area contributed by atoms with Crippen LogP contribution in [0.4, 0.5) is 0 Å². The molecule has 0 saturated heterocycles. The molecule has 0 aliphatic carbocycles. The van der Waals surface area contributed by atoms with Crippen molar-refractivity contribution in [1.82, 2.24) is 0 Å². The van der Waals surface area contributed by atoms with Crippen LogP contribution in [0.15, 0.2) is 30.3 Å². The molecule has 116 valence electrons. The maximum Gasteiger partial charge on any atom is 0.161 e. The van der Waals surface area contributed by atoms with E-state index in [0.29, 0.717) is 10.0 Å². The average molecular weight is 339 g/mol. The lowest BCUT2D eigenvalue weighted by Gasteiger charge is -2.26. The van der Waals surface area contributed by atoms with E-state index in [4.69, 9.17) is 32.7 Å². The van der Waals surface area contributed by atoms with Crippen LogP contribution in [0.25, 0.3) is 0 Å². The lowest BCUT2D eigenvalue weighted by atomic mass is 9.89. The molecule has 0 fully saturated rings. The van der Waals surface area contributed by atoms with E-state index in [2.05, 4.69) is 11.4 Å². The molecule has 0 aromatic heterocycles. The van der Waals surface area contributed by atoms with E-state index in [1.165, 1.54) is 11.1 Å². The number of fused-ring (bicyclic) bond motifs is 1. The van der Waals surface area contributed by atoms with Gasteiger partial charge in [0, 0.05) is 17.5 Å². The maximum absolute atomic E-state index is 6.42. The molecule has 2 aromatic rings. The first-order valence-electron chi connectivity index (χ1n) is 7.17. The molecule has 3 rings (SSSR count). The second kappa shape index (κ2) is 6.37. The monoisotopic (exact) mass is 338 g/mol. The Morgan fingerprint density at radius 2 is 1.77 bits per heavy atom. The van der Waals surface area contributed by atoms with Crippen molar-refractivity contribution >= 4 is 23.2 Å². The largest absolute Gasteiger partial charge is 0.493 e. The second-order valence-corrected chi connectivity index (χ2v) is 6.09. The second-order valence-electron chi connectivity index (χ2n) is 5.30. The van der Waals surface area contributed by atoms with Gasteiger partial charge in [0.2, 0.25) is 0 Å². The van der Waals surface area contributed by atoms with Crippen LogP contribution in [0.1, 0.15) is 22.7 Å². The third-order valence-electron chi connectivity index (χ3n) is 4.11. The molecule has 0 amide bonds. The van der Waals surface area contributed by atoms with Crippen molar-refractivity contribution in [3.05, 3.63) is 57.1 Å². The van der Waals surface area contributed by atoms with E-state index < -0.39 is 0 Å². The molecule has 1 aliphatic heterocycles. The Kier molecular flexibility index (Phi) is 4.48. The Balaban J connectivity index is 2.13. The van der Waals surface area contributed by atoms with Crippen LogP contribution in [-0.4, -0.2) is 20.8 Å². The molecule has 5 heteroatoms. The SMILES string of the molecule is COc1cc2c(cc1OC)[C@H](c1cccc(Cl)c1Cl)[NH2+]CC2. The van der Waals surface area contributed by atoms with Crippen molar-refractivity contribution in [2.45, 2.75) is 12.5 Å². The molecule has 22 heavy (non-hydrogen) atoms. The first-order valence-corrected chi connectivity index (χ1v) is 7.93. The van der Waals surface area contributed by atoms with Gasteiger partial charge in [0.05, 0.1) is 30.8 Å². The molecule has 0 bridgehead atoms. The molecule has 0 radical (unpaired) electrons. The summed E-state index contributed by atoms with van der Waals surface area (Å²) in [6.45, 7) is 0.996. The summed E-state index contributed by atoms with van der Waals surface area (Å²) in [5.74, 6) is 1.50. The minimum absolute atomic E-state index is 0.120. The molecular formula is C17H18Cl2NO2+. The smallest absolute Gasteiger partial charge is 0.161 e. The van der Waals surface area contributed by atoms with Crippen molar-refractivity contribution in [2.24, 2.45) is 0 Å². The fourth-order valence-electron chi connectivity index (χ4n) is 3.03. The Hall–Kier alpha value is -1.42. The van der Waals surface area contributed by atoms with Crippen molar-refractivity contribution in [3.8, 4) is 11.5 Å². The number of rotatable bonds is 3. The Morgan fingerprint density at radius 1 is 1.05 bits per heavy atom. The van der Waals surface area contributed by atoms with Gasteiger partial charge < -0.3 is 14.8 Å². The van der Waals surface area contributed by atoms with Gasteiger partial charge >= 0.3 is 0 Å². The Morgan fingerprint density at radius 3 is 2.50 bits per heavy atom. The van der Waals surface area contributed by atoms with Gasteiger partial charge in [-0.15, -0.1) is 0 Å². The molecule has 1 atom stereocenters. The van der Waals surface area contributed by atoms with Crippen LogP contribution < -0.4 is 14.8 Å². The maximum atomic E-state index is 6.42. The minimum Gasteiger partial charge on any atom is -0.493 e. The summed E-state index contributed by atoms with van der Waals surface area (Å²) in [4.78, 5) is 0. The van der Waals surface area contributed by atoms with Crippen molar-refractivity contribution < 1.29 is 14.8 Å². The van der Waals surface area contributed by atoms with Gasteiger partial charge in [-0.3, -0.25) is 0 Å². The van der Waals surface area contributed by atoms with Gasteiger partial charge in [0.25, 0.3) is 0 Å². The number of benzene rings is 2. The van der Waals surface area contributed by atoms with Crippen molar-refractivity contribution in [3.63, 3.8) is 0 Å². The standard InChI is InChI=1S/C17H17Cl2NO2/c1-21-14-8-10-6-7-20-17(12(10)9-15(14)22-2)11-4-3-5-13(18)16(11)19/h3-5,8-9,17,20H,6-7H2,1-2H3/p+1/t17-/m0/s1. The lowest BCUT2D eigenvalue weighted by Crippen LogP contribution is -2.87. The number of ether oxygens (including phenoxy) is 2. The molecular weight excluding hydrogens is 321 g/mol. The van der Waals surface area contributed by atoms with Crippen LogP contribution in [0.5, 0.6) is 11.5 Å². The van der Waals surface area contributed by atoms with Crippen LogP contribution in [0.2, 0.25) is 10.0 Å². The summed E-state index contributed by atoms with van der Waals surface area (Å²) in [5, 5.41) is 3.49. The van der Waals surface area contributed by atoms with Crippen LogP contribution >= 0.6 is 23.2 Å². The van der Waals surface area contributed by atoms with Gasteiger partial charge in [-0.2, -0.15) is 0 Å². The number of quaternary nitrogens is 1. The topological polar surface area (TPSA) is 35.1 Å². The van der Waals surface area contributed by atoms with Crippen LogP contribution in [-0.2, 0) is 6.42 Å². The Bertz CT molecular complexity index is 703. The summed E-state index contributed by atoms with van der Waals surface area (Å²) in [6, 6.07) is 10.0. The molecule has 2 N–H and O–H groups in total. The number of halogens is 2. The fourth-order valence-corrected chi connectivity index (χ4v) is 3.46. The zero-order valence-electron chi connectivity index (χ0n) is 12.5. The minimum atomic E-state index is 0.120. The zero-order valence-corrected chi connectivity index (χ0v) is 14.0. The number of hydrogen-bond donors (Lipinski definition) is 1. The first kappa shape index (κ1) is 15.5. The molecule has 1 heterocycles. The van der Waals surface area contributed by atoms with Crippen molar-refractivity contribution in [2.75, 3.05) is 20.8 Å². The fraction of sp³-hybridized carbons (Fsp3) is 0.294. The third kappa shape index (κ3) is 2.65. The molecule has 3 nitrogen and oxygen atoms in total. The third-order valence-corrected chi connectivity index (χ3v) is 4.95. The molecule has 0 spiro atoms. The van der Waals surface area contributed by atoms with Gasteiger partial charge in [-0.05, 0) is 23.8 Å². The molecule has 2 aromatic carbocycles. The summed E-state index contributed by atoms with van der Waals surface area (Å²) in [7, 11) is 3.31. The van der Waals surface area contributed by atoms with E-state index in [0.717, 1.165) is 30.0 Å². The predicted molar refractivity (Wildman–Crippen MR) is 88.3 cm³/mol. The summed E-state index contributed by atoms with van der Waals surface area (Å²) < 4.78 is 10.8. The Labute approximate surface area is 140 Å². The van der Waals surface area contributed by atoms with Crippen molar-refractivity contribution in [1.29, 1.82) is 0 Å². The van der Waals surface area contributed by atoms with Gasteiger partial charge in [0.1, 0.15) is 6.04 Å². The highest BCUT2D eigenvalue weighted by molar-refractivity contribution is 6.42. The quantitative estimate of drug-likeness (QED) is 0.932. The number of nitrogens with two attached hydrogens (primary N) is 1. The number of hydrogen-bond acceptors (Lipinski definition) is 2. The van der Waals surface area contributed by atoms with Gasteiger partial charge in [0.15, 0.2) is 11.5 Å². The molecule has 0 unspecified atom stereocenters. The molecule has 1 aliphatic rings. The average Bonchev–Trinajstić information content (AvgIpc) is 2.55. The first-order chi connectivity index (χ1) is 10.7. The van der Waals surface area contributed by atoms with E-state index in [-0.39, 0.29) is 6.04 Å². The highest BCUT2D eigenvalue weighted by Crippen LogP contribution is 2.38. The summed E-state index contributed by atoms with van der Waals surface area (Å²) >= 11 is 12.6. The highest BCUT2D eigenvalue weighted by Gasteiger charge is 2.29. The highest BCUT2D eigenvalue weighted by atomic mass is 35.5. The van der Waals surface area contributed by atoms with E-state index in [1.54, 1.807) is 14.2 Å². The van der Waals surface area contributed by atoms with E-state index in [1.807, 2.05) is 24.3 Å². The summed E-state index contributed by atoms with van der Waals surface area (Å²) in [6.07, 6.45) is 0.990. The van der Waals surface area contributed by atoms with E-state index in [9.17, 15) is 0 Å². The zero-order chi connectivity index (χ0) is 15.7. The predicted octanol–water partition coefficient (Wildman–Crippen LogP) is 3.22. The summed E-state index contributed by atoms with van der Waals surface area (Å²) in [5.41, 5.74) is 3.50. The molecule has 0 saturated carbocycles. The van der Waals surface area contributed by atoms with Crippen LogP contribution in [0, 0.1) is 0 Å². The van der Waals surface area contributed by atoms with Gasteiger partial charge in [-0.1, -0.05) is 35.3 Å². The van der Waals surface area contributed by atoms with E-state index >= 15 is 0 Å².